The van der Waals surface area contributed by atoms with Crippen molar-refractivity contribution >= 4 is 11.6 Å². The van der Waals surface area contributed by atoms with E-state index in [4.69, 9.17) is 0 Å². The maximum Gasteiger partial charge on any atom is 0.224 e. The molecule has 1 aromatic carbocycles. The molecule has 1 amide bonds. The number of carbonyl (C=O) groups is 1. The summed E-state index contributed by atoms with van der Waals surface area (Å²) in [6.07, 6.45) is 2.62. The number of hydrogen-bond donors (Lipinski definition) is 1. The van der Waals surface area contributed by atoms with Crippen molar-refractivity contribution < 1.29 is 4.79 Å². The van der Waals surface area contributed by atoms with Crippen molar-refractivity contribution in [3.8, 4) is 0 Å². The molecule has 2 nitrogen and oxygen atoms in total. The summed E-state index contributed by atoms with van der Waals surface area (Å²) >= 11 is 0. The maximum absolute atomic E-state index is 11.1. The van der Waals surface area contributed by atoms with Crippen LogP contribution in [0.15, 0.2) is 24.3 Å². The standard InChI is InChI=1S/C10H11NO.C2H6/c12-10-7-3-5-8-4-1-2-6-9(8)11-10;1-2/h1-2,4,6H,3,5,7H2,(H,11,12);1-2H3. The van der Waals surface area contributed by atoms with Gasteiger partial charge in [-0.2, -0.15) is 0 Å². The predicted molar refractivity (Wildman–Crippen MR) is 59.4 cm³/mol. The molecular formula is C12H17NO. The SMILES string of the molecule is CC.O=C1CCCc2ccccc2N1. The highest BCUT2D eigenvalue weighted by atomic mass is 16.1. The first-order chi connectivity index (χ1) is 6.86. The van der Waals surface area contributed by atoms with Gasteiger partial charge in [-0.15, -0.1) is 0 Å². The van der Waals surface area contributed by atoms with Crippen LogP contribution in [-0.4, -0.2) is 5.91 Å². The number of nitrogens with one attached hydrogen (secondary N) is 1. The van der Waals surface area contributed by atoms with Crippen LogP contribution in [0.4, 0.5) is 5.69 Å². The maximum atomic E-state index is 11.1. The first-order valence-electron chi connectivity index (χ1n) is 5.24. The van der Waals surface area contributed by atoms with Crippen LogP contribution < -0.4 is 5.32 Å². The molecule has 1 N–H and O–H groups in total. The highest BCUT2D eigenvalue weighted by molar-refractivity contribution is 5.92. The van der Waals surface area contributed by atoms with Crippen molar-refractivity contribution in [2.24, 2.45) is 0 Å². The summed E-state index contributed by atoms with van der Waals surface area (Å²) in [5, 5.41) is 2.88. The molecule has 0 bridgehead atoms. The van der Waals surface area contributed by atoms with Gasteiger partial charge in [-0.1, -0.05) is 32.0 Å². The lowest BCUT2D eigenvalue weighted by Crippen LogP contribution is -2.08. The second kappa shape index (κ2) is 5.43. The van der Waals surface area contributed by atoms with Gasteiger partial charge in [0.1, 0.15) is 0 Å². The molecule has 1 heterocycles. The van der Waals surface area contributed by atoms with Crippen LogP contribution in [0.3, 0.4) is 0 Å². The second-order valence-corrected chi connectivity index (χ2v) is 3.06. The number of benzene rings is 1. The molecule has 0 atom stereocenters. The number of hydrogen-bond acceptors (Lipinski definition) is 1. The average molecular weight is 191 g/mol. The molecule has 0 fully saturated rings. The first-order valence-corrected chi connectivity index (χ1v) is 5.24. The minimum Gasteiger partial charge on any atom is -0.326 e. The molecule has 0 aromatic heterocycles. The van der Waals surface area contributed by atoms with Gasteiger partial charge in [-0.3, -0.25) is 4.79 Å². The second-order valence-electron chi connectivity index (χ2n) is 3.06. The molecule has 0 spiro atoms. The van der Waals surface area contributed by atoms with E-state index in [-0.39, 0.29) is 5.91 Å². The fourth-order valence-electron chi connectivity index (χ4n) is 1.51. The molecule has 0 radical (unpaired) electrons. The van der Waals surface area contributed by atoms with Crippen molar-refractivity contribution in [1.29, 1.82) is 0 Å². The van der Waals surface area contributed by atoms with Gasteiger partial charge in [0, 0.05) is 12.1 Å². The molecule has 1 aromatic rings. The topological polar surface area (TPSA) is 29.1 Å². The molecule has 0 saturated heterocycles. The number of aryl methyl sites for hydroxylation is 1. The van der Waals surface area contributed by atoms with Crippen molar-refractivity contribution in [1.82, 2.24) is 0 Å². The summed E-state index contributed by atoms with van der Waals surface area (Å²) in [5.74, 6) is 0.139. The normalized spacial score (nSPS) is 14.3. The van der Waals surface area contributed by atoms with E-state index < -0.39 is 0 Å². The summed E-state index contributed by atoms with van der Waals surface area (Å²) in [7, 11) is 0. The molecule has 2 heteroatoms. The number of amides is 1. The van der Waals surface area contributed by atoms with Gasteiger partial charge in [0.15, 0.2) is 0 Å². The highest BCUT2D eigenvalue weighted by Gasteiger charge is 2.10. The number of carbonyl (C=O) groups excluding carboxylic acids is 1. The average Bonchev–Trinajstić information content (AvgIpc) is 2.41. The third kappa shape index (κ3) is 2.59. The molecule has 2 rings (SSSR count). The zero-order valence-electron chi connectivity index (χ0n) is 8.84. The summed E-state index contributed by atoms with van der Waals surface area (Å²) in [5.41, 5.74) is 2.24. The smallest absolute Gasteiger partial charge is 0.224 e. The Morgan fingerprint density at radius 1 is 1.14 bits per heavy atom. The predicted octanol–water partition coefficient (Wildman–Crippen LogP) is 2.99. The van der Waals surface area contributed by atoms with E-state index in [1.54, 1.807) is 0 Å². The fourth-order valence-corrected chi connectivity index (χ4v) is 1.51. The van der Waals surface area contributed by atoms with Crippen LogP contribution in [0, 0.1) is 0 Å². The lowest BCUT2D eigenvalue weighted by Gasteiger charge is -2.04. The third-order valence-electron chi connectivity index (χ3n) is 2.14. The van der Waals surface area contributed by atoms with Crippen LogP contribution in [0.2, 0.25) is 0 Å². The molecule has 0 saturated carbocycles. The highest BCUT2D eigenvalue weighted by Crippen LogP contribution is 2.20. The first kappa shape index (κ1) is 10.8. The Hall–Kier alpha value is -1.31. The van der Waals surface area contributed by atoms with Crippen molar-refractivity contribution in [2.75, 3.05) is 5.32 Å². The molecule has 14 heavy (non-hydrogen) atoms. The van der Waals surface area contributed by atoms with Crippen LogP contribution >= 0.6 is 0 Å². The van der Waals surface area contributed by atoms with Gasteiger partial charge < -0.3 is 5.32 Å². The third-order valence-corrected chi connectivity index (χ3v) is 2.14. The van der Waals surface area contributed by atoms with E-state index in [1.165, 1.54) is 5.56 Å². The largest absolute Gasteiger partial charge is 0.326 e. The minimum absolute atomic E-state index is 0.139. The molecule has 1 aliphatic rings. The van der Waals surface area contributed by atoms with E-state index in [0.29, 0.717) is 6.42 Å². The quantitative estimate of drug-likeness (QED) is 0.671. The van der Waals surface area contributed by atoms with E-state index >= 15 is 0 Å². The molecule has 1 aliphatic heterocycles. The Morgan fingerprint density at radius 2 is 1.86 bits per heavy atom. The fraction of sp³-hybridized carbons (Fsp3) is 0.417. The molecular weight excluding hydrogens is 174 g/mol. The Kier molecular flexibility index (Phi) is 4.17. The van der Waals surface area contributed by atoms with Crippen molar-refractivity contribution in [3.63, 3.8) is 0 Å². The van der Waals surface area contributed by atoms with Crippen LogP contribution in [0.5, 0.6) is 0 Å². The zero-order valence-corrected chi connectivity index (χ0v) is 8.84. The number of para-hydroxylation sites is 1. The van der Waals surface area contributed by atoms with Gasteiger partial charge in [-0.25, -0.2) is 0 Å². The number of rotatable bonds is 0. The van der Waals surface area contributed by atoms with Gasteiger partial charge in [0.05, 0.1) is 0 Å². The van der Waals surface area contributed by atoms with Gasteiger partial charge in [-0.05, 0) is 24.5 Å². The minimum atomic E-state index is 0.139. The van der Waals surface area contributed by atoms with Gasteiger partial charge in [0.25, 0.3) is 0 Å². The molecule has 0 aliphatic carbocycles. The monoisotopic (exact) mass is 191 g/mol. The number of anilines is 1. The zero-order chi connectivity index (χ0) is 10.4. The number of fused-ring (bicyclic) bond motifs is 1. The summed E-state index contributed by atoms with van der Waals surface area (Å²) < 4.78 is 0. The van der Waals surface area contributed by atoms with E-state index in [1.807, 2.05) is 32.0 Å². The summed E-state index contributed by atoms with van der Waals surface area (Å²) in [6, 6.07) is 7.99. The Balaban J connectivity index is 0.000000461. The lowest BCUT2D eigenvalue weighted by atomic mass is 10.1. The van der Waals surface area contributed by atoms with E-state index in [9.17, 15) is 4.79 Å². The summed E-state index contributed by atoms with van der Waals surface area (Å²) in [6.45, 7) is 4.00. The molecule has 0 unspecified atom stereocenters. The lowest BCUT2D eigenvalue weighted by molar-refractivity contribution is -0.116. The Labute approximate surface area is 85.3 Å². The van der Waals surface area contributed by atoms with Crippen LogP contribution in [-0.2, 0) is 11.2 Å². The summed E-state index contributed by atoms with van der Waals surface area (Å²) in [4.78, 5) is 11.1. The molecule has 76 valence electrons. The van der Waals surface area contributed by atoms with Gasteiger partial charge >= 0.3 is 0 Å². The van der Waals surface area contributed by atoms with Crippen LogP contribution in [0.25, 0.3) is 0 Å². The van der Waals surface area contributed by atoms with E-state index in [2.05, 4.69) is 11.4 Å². The van der Waals surface area contributed by atoms with Gasteiger partial charge in [0.2, 0.25) is 5.91 Å². The van der Waals surface area contributed by atoms with Crippen molar-refractivity contribution in [3.05, 3.63) is 29.8 Å². The Bertz CT molecular complexity index is 307. The Morgan fingerprint density at radius 3 is 2.64 bits per heavy atom. The van der Waals surface area contributed by atoms with E-state index in [0.717, 1.165) is 18.5 Å². The van der Waals surface area contributed by atoms with Crippen molar-refractivity contribution in [2.45, 2.75) is 33.1 Å². The van der Waals surface area contributed by atoms with Crippen LogP contribution in [0.1, 0.15) is 32.3 Å².